The molecule has 0 bridgehead atoms. The van der Waals surface area contributed by atoms with Crippen molar-refractivity contribution in [1.29, 1.82) is 0 Å². The van der Waals surface area contributed by atoms with Crippen molar-refractivity contribution in [2.75, 3.05) is 19.8 Å². The van der Waals surface area contributed by atoms with Crippen LogP contribution in [0.1, 0.15) is 20.8 Å². The predicted octanol–water partition coefficient (Wildman–Crippen LogP) is 0.267. The van der Waals surface area contributed by atoms with Gasteiger partial charge in [-0.05, 0) is 20.8 Å². The Morgan fingerprint density at radius 3 is 1.83 bits per heavy atom. The molecule has 0 aliphatic heterocycles. The zero-order valence-corrected chi connectivity index (χ0v) is 10.3. The largest absolute Gasteiger partial charge is 0.283 e. The molecule has 69 valence electrons. The van der Waals surface area contributed by atoms with Gasteiger partial charge in [0.2, 0.25) is 0 Å². The standard InChI is InChI=1S/C6H16N2O3.Na/c1-4-9-7-8(10-5-2)11-6-3;/h7H,4-6H2,1-3H3;. The van der Waals surface area contributed by atoms with Crippen LogP contribution < -0.4 is 5.59 Å². The van der Waals surface area contributed by atoms with E-state index in [1.807, 2.05) is 20.8 Å². The first-order valence-corrected chi connectivity index (χ1v) is 3.78. The molecule has 6 heteroatoms. The van der Waals surface area contributed by atoms with Crippen molar-refractivity contribution in [1.82, 2.24) is 10.9 Å². The van der Waals surface area contributed by atoms with Gasteiger partial charge in [-0.25, -0.2) is 0 Å². The summed E-state index contributed by atoms with van der Waals surface area (Å²) in [6, 6.07) is 0. The summed E-state index contributed by atoms with van der Waals surface area (Å²) in [5.41, 5.74) is 2.46. The smallest absolute Gasteiger partial charge is 0.0699 e. The fourth-order valence-electron chi connectivity index (χ4n) is 0.442. The minimum absolute atomic E-state index is 0. The number of rotatable bonds is 7. The first-order valence-electron chi connectivity index (χ1n) is 3.78. The van der Waals surface area contributed by atoms with E-state index in [2.05, 4.69) is 5.59 Å². The molecule has 0 unspecified atom stereocenters. The van der Waals surface area contributed by atoms with E-state index in [9.17, 15) is 0 Å². The van der Waals surface area contributed by atoms with Crippen molar-refractivity contribution in [3.8, 4) is 0 Å². The number of nitrogens with one attached hydrogen (secondary N) is 1. The molecule has 0 rings (SSSR count). The molecule has 0 spiro atoms. The molecule has 0 aromatic carbocycles. The summed E-state index contributed by atoms with van der Waals surface area (Å²) in [6.07, 6.45) is 0. The molecule has 0 saturated carbocycles. The molecular formula is C6H16N2NaO3. The molecule has 0 aliphatic rings. The summed E-state index contributed by atoms with van der Waals surface area (Å²) < 4.78 is 0. The fraction of sp³-hybridized carbons (Fsp3) is 1.00. The summed E-state index contributed by atoms with van der Waals surface area (Å²) in [4.78, 5) is 14.7. The van der Waals surface area contributed by atoms with Crippen LogP contribution in [-0.2, 0) is 14.5 Å². The zero-order chi connectivity index (χ0) is 8.53. The van der Waals surface area contributed by atoms with Crippen molar-refractivity contribution >= 4 is 29.6 Å². The van der Waals surface area contributed by atoms with Gasteiger partial charge >= 0.3 is 0 Å². The van der Waals surface area contributed by atoms with Crippen LogP contribution in [0.25, 0.3) is 0 Å². The molecule has 0 aromatic rings. The summed E-state index contributed by atoms with van der Waals surface area (Å²) in [5, 5.41) is 1.10. The molecule has 0 aliphatic carbocycles. The Morgan fingerprint density at radius 1 is 1.00 bits per heavy atom. The van der Waals surface area contributed by atoms with Crippen molar-refractivity contribution in [3.05, 3.63) is 0 Å². The van der Waals surface area contributed by atoms with Crippen LogP contribution >= 0.6 is 0 Å². The minimum atomic E-state index is 0. The number of hydrogen-bond acceptors (Lipinski definition) is 5. The number of hydrogen-bond donors (Lipinski definition) is 1. The van der Waals surface area contributed by atoms with Crippen LogP contribution in [-0.4, -0.2) is 54.7 Å². The van der Waals surface area contributed by atoms with E-state index in [1.54, 1.807) is 0 Å². The Morgan fingerprint density at radius 2 is 1.50 bits per heavy atom. The van der Waals surface area contributed by atoms with Crippen molar-refractivity contribution in [2.45, 2.75) is 20.8 Å². The molecule has 0 heterocycles. The predicted molar refractivity (Wildman–Crippen MR) is 45.6 cm³/mol. The van der Waals surface area contributed by atoms with Crippen LogP contribution in [0.2, 0.25) is 0 Å². The van der Waals surface area contributed by atoms with Gasteiger partial charge < -0.3 is 0 Å². The molecule has 1 radical (unpaired) electrons. The maximum absolute atomic E-state index is 4.96. The van der Waals surface area contributed by atoms with E-state index < -0.39 is 0 Å². The van der Waals surface area contributed by atoms with Crippen LogP contribution in [0, 0.1) is 0 Å². The molecule has 12 heavy (non-hydrogen) atoms. The maximum Gasteiger partial charge on any atom is 0.0699 e. The van der Waals surface area contributed by atoms with E-state index >= 15 is 0 Å². The molecule has 5 nitrogen and oxygen atoms in total. The van der Waals surface area contributed by atoms with Gasteiger partial charge in [0.05, 0.1) is 19.8 Å². The molecule has 0 aromatic heterocycles. The number of hydrazine groups is 1. The second kappa shape index (κ2) is 11.8. The van der Waals surface area contributed by atoms with E-state index in [-0.39, 0.29) is 29.6 Å². The fourth-order valence-corrected chi connectivity index (χ4v) is 0.442. The number of nitrogens with zero attached hydrogens (tertiary/aromatic N) is 1. The van der Waals surface area contributed by atoms with Crippen LogP contribution in [0.5, 0.6) is 0 Å². The van der Waals surface area contributed by atoms with E-state index in [4.69, 9.17) is 14.5 Å². The third-order valence-electron chi connectivity index (χ3n) is 0.776. The Hall–Kier alpha value is 0.800. The third kappa shape index (κ3) is 8.89. The SMILES string of the molecule is CCONN(OCC)OCC.[Na]. The Balaban J connectivity index is 0. The maximum atomic E-state index is 4.96. The zero-order valence-electron chi connectivity index (χ0n) is 8.29. The Labute approximate surface area is 95.5 Å². The monoisotopic (exact) mass is 187 g/mol. The summed E-state index contributed by atoms with van der Waals surface area (Å²) in [7, 11) is 0. The van der Waals surface area contributed by atoms with Gasteiger partial charge in [0.1, 0.15) is 0 Å². The third-order valence-corrected chi connectivity index (χ3v) is 0.776. The Kier molecular flexibility index (Phi) is 15.0. The minimum Gasteiger partial charge on any atom is -0.283 e. The van der Waals surface area contributed by atoms with E-state index in [0.29, 0.717) is 19.8 Å². The summed E-state index contributed by atoms with van der Waals surface area (Å²) >= 11 is 0. The van der Waals surface area contributed by atoms with Crippen molar-refractivity contribution in [2.24, 2.45) is 0 Å². The second-order valence-corrected chi connectivity index (χ2v) is 1.62. The molecule has 1 N–H and O–H groups in total. The van der Waals surface area contributed by atoms with Crippen LogP contribution in [0.15, 0.2) is 0 Å². The second-order valence-electron chi connectivity index (χ2n) is 1.62. The molecule has 0 fully saturated rings. The topological polar surface area (TPSA) is 43.0 Å². The van der Waals surface area contributed by atoms with E-state index in [1.165, 1.54) is 0 Å². The quantitative estimate of drug-likeness (QED) is 0.457. The van der Waals surface area contributed by atoms with Crippen molar-refractivity contribution in [3.63, 3.8) is 0 Å². The first kappa shape index (κ1) is 15.3. The molecule has 0 atom stereocenters. The molecular weight excluding hydrogens is 171 g/mol. The van der Waals surface area contributed by atoms with Crippen molar-refractivity contribution < 1.29 is 14.5 Å². The van der Waals surface area contributed by atoms with Crippen LogP contribution in [0.4, 0.5) is 0 Å². The van der Waals surface area contributed by atoms with Gasteiger partial charge in [-0.1, -0.05) is 5.59 Å². The normalized spacial score (nSPS) is 10.0. The van der Waals surface area contributed by atoms with Gasteiger partial charge in [0.25, 0.3) is 0 Å². The average Bonchev–Trinajstić information content (AvgIpc) is 2.01. The van der Waals surface area contributed by atoms with Gasteiger partial charge in [-0.15, -0.1) is 0 Å². The molecule has 0 amide bonds. The average molecular weight is 187 g/mol. The molecule has 0 saturated heterocycles. The van der Waals surface area contributed by atoms with Gasteiger partial charge in [-0.3, -0.25) is 14.5 Å². The van der Waals surface area contributed by atoms with Gasteiger partial charge in [0, 0.05) is 34.9 Å². The van der Waals surface area contributed by atoms with Crippen LogP contribution in [0.3, 0.4) is 0 Å². The Bertz CT molecular complexity index is 81.2. The van der Waals surface area contributed by atoms with Gasteiger partial charge in [0.15, 0.2) is 0 Å². The first-order chi connectivity index (χ1) is 5.35. The van der Waals surface area contributed by atoms with Gasteiger partial charge in [-0.2, -0.15) is 0 Å². The summed E-state index contributed by atoms with van der Waals surface area (Å²) in [5.74, 6) is 0. The van der Waals surface area contributed by atoms with E-state index in [0.717, 1.165) is 5.34 Å². The summed E-state index contributed by atoms with van der Waals surface area (Å²) in [6.45, 7) is 7.19.